The average Bonchev–Trinajstić information content (AvgIpc) is 3.31. The molecule has 2 aliphatic heterocycles. The van der Waals surface area contributed by atoms with Crippen LogP contribution >= 0.6 is 24.0 Å². The van der Waals surface area contributed by atoms with Crippen LogP contribution in [-0.2, 0) is 10.2 Å². The molecule has 9 heteroatoms. The van der Waals surface area contributed by atoms with Crippen LogP contribution in [-0.4, -0.2) is 64.0 Å². The second-order valence-corrected chi connectivity index (χ2v) is 8.43. The van der Waals surface area contributed by atoms with Gasteiger partial charge in [0.1, 0.15) is 5.75 Å². The molecule has 0 bridgehead atoms. The van der Waals surface area contributed by atoms with Gasteiger partial charge in [0.2, 0.25) is 0 Å². The molecule has 180 valence electrons. The Hall–Kier alpha value is -2.14. The predicted octanol–water partition coefficient (Wildman–Crippen LogP) is 3.34. The van der Waals surface area contributed by atoms with Crippen LogP contribution in [0.15, 0.2) is 47.6 Å². The van der Waals surface area contributed by atoms with Crippen molar-refractivity contribution >= 4 is 35.8 Å². The van der Waals surface area contributed by atoms with Crippen LogP contribution in [0, 0.1) is 5.82 Å². The number of nitrogens with one attached hydrogen (secondary N) is 2. The summed E-state index contributed by atoms with van der Waals surface area (Å²) in [6.07, 6.45) is 4.42. The first kappa shape index (κ1) is 25.5. The van der Waals surface area contributed by atoms with E-state index in [-0.39, 0.29) is 41.3 Å². The van der Waals surface area contributed by atoms with E-state index in [1.165, 1.54) is 11.6 Å². The summed E-state index contributed by atoms with van der Waals surface area (Å²) in [6.45, 7) is 3.69. The summed E-state index contributed by atoms with van der Waals surface area (Å²) in [5.41, 5.74) is 1.25. The summed E-state index contributed by atoms with van der Waals surface area (Å²) in [4.78, 5) is 10.6. The zero-order valence-corrected chi connectivity index (χ0v) is 21.6. The lowest BCUT2D eigenvalue weighted by Gasteiger charge is -2.38. The zero-order valence-electron chi connectivity index (χ0n) is 19.2. The van der Waals surface area contributed by atoms with E-state index in [0.29, 0.717) is 12.4 Å². The molecule has 33 heavy (non-hydrogen) atoms. The summed E-state index contributed by atoms with van der Waals surface area (Å²) in [7, 11) is 3.47. The second-order valence-electron chi connectivity index (χ2n) is 8.43. The topological polar surface area (TPSA) is 71.0 Å². The Labute approximate surface area is 212 Å². The molecule has 2 fully saturated rings. The number of hydrogen-bond donors (Lipinski definition) is 2. The minimum Gasteiger partial charge on any atom is -0.497 e. The van der Waals surface area contributed by atoms with Gasteiger partial charge in [0.05, 0.1) is 7.11 Å². The molecule has 0 amide bonds. The molecule has 4 rings (SSSR count). The van der Waals surface area contributed by atoms with Gasteiger partial charge in [-0.3, -0.25) is 4.99 Å². The number of aliphatic imine (C=N–C) groups is 1. The fourth-order valence-electron chi connectivity index (χ4n) is 4.60. The Morgan fingerprint density at radius 1 is 1.27 bits per heavy atom. The lowest BCUT2D eigenvalue weighted by atomic mass is 9.74. The highest BCUT2D eigenvalue weighted by Crippen LogP contribution is 2.35. The van der Waals surface area contributed by atoms with Gasteiger partial charge in [-0.25, -0.2) is 9.37 Å². The van der Waals surface area contributed by atoms with Crippen molar-refractivity contribution in [1.82, 2.24) is 15.6 Å². The van der Waals surface area contributed by atoms with Gasteiger partial charge in [-0.05, 0) is 49.1 Å². The zero-order chi connectivity index (χ0) is 22.4. The molecule has 0 radical (unpaired) electrons. The highest BCUT2D eigenvalue weighted by molar-refractivity contribution is 14.0. The lowest BCUT2D eigenvalue weighted by molar-refractivity contribution is 0.0513. The fraction of sp³-hybridized carbons (Fsp3) is 0.500. The van der Waals surface area contributed by atoms with Crippen LogP contribution in [0.1, 0.15) is 24.8 Å². The summed E-state index contributed by atoms with van der Waals surface area (Å²) in [5, 5.41) is 7.05. The van der Waals surface area contributed by atoms with Gasteiger partial charge >= 0.3 is 0 Å². The monoisotopic (exact) mass is 569 g/mol. The molecule has 2 aliphatic rings. The van der Waals surface area contributed by atoms with Crippen LogP contribution in [0.4, 0.5) is 10.2 Å². The van der Waals surface area contributed by atoms with Crippen LogP contribution in [0.25, 0.3) is 0 Å². The van der Waals surface area contributed by atoms with Crippen molar-refractivity contribution in [3.63, 3.8) is 0 Å². The molecule has 7 nitrogen and oxygen atoms in total. The minimum absolute atomic E-state index is 0. The van der Waals surface area contributed by atoms with Crippen LogP contribution in [0.3, 0.4) is 0 Å². The number of pyridine rings is 1. The van der Waals surface area contributed by atoms with E-state index in [0.717, 1.165) is 57.3 Å². The van der Waals surface area contributed by atoms with Crippen LogP contribution < -0.4 is 20.3 Å². The maximum Gasteiger partial charge on any atom is 0.191 e. The lowest BCUT2D eigenvalue weighted by Crippen LogP contribution is -2.50. The number of ether oxygens (including phenoxy) is 2. The smallest absolute Gasteiger partial charge is 0.191 e. The third-order valence-electron chi connectivity index (χ3n) is 6.54. The number of methoxy groups -OCH3 is 1. The SMILES string of the molecule is CN=C(NCC1(c2ccc(OC)cc2)CCOCC1)NC1CCN(c2ncccc2F)C1.I. The van der Waals surface area contributed by atoms with Gasteiger partial charge in [0, 0.05) is 57.5 Å². The molecule has 0 spiro atoms. The maximum absolute atomic E-state index is 14.1. The van der Waals surface area contributed by atoms with Gasteiger partial charge in [-0.1, -0.05) is 12.1 Å². The van der Waals surface area contributed by atoms with Gasteiger partial charge < -0.3 is 25.0 Å². The van der Waals surface area contributed by atoms with Crippen molar-refractivity contribution in [2.75, 3.05) is 51.9 Å². The fourth-order valence-corrected chi connectivity index (χ4v) is 4.60. The quantitative estimate of drug-likeness (QED) is 0.316. The van der Waals surface area contributed by atoms with Crippen LogP contribution in [0.5, 0.6) is 5.75 Å². The maximum atomic E-state index is 14.1. The highest BCUT2D eigenvalue weighted by Gasteiger charge is 2.35. The van der Waals surface area contributed by atoms with Gasteiger partial charge in [-0.15, -0.1) is 24.0 Å². The van der Waals surface area contributed by atoms with E-state index in [9.17, 15) is 4.39 Å². The van der Waals surface area contributed by atoms with Crippen molar-refractivity contribution in [1.29, 1.82) is 0 Å². The molecule has 2 saturated heterocycles. The Kier molecular flexibility index (Phi) is 9.13. The summed E-state index contributed by atoms with van der Waals surface area (Å²) in [5.74, 6) is 1.76. The molecular formula is C24H33FIN5O2. The van der Waals surface area contributed by atoms with E-state index >= 15 is 0 Å². The summed E-state index contributed by atoms with van der Waals surface area (Å²) in [6, 6.07) is 11.6. The number of halogens is 2. The number of aromatic nitrogens is 1. The number of benzene rings is 1. The summed E-state index contributed by atoms with van der Waals surface area (Å²) >= 11 is 0. The van der Waals surface area contributed by atoms with E-state index < -0.39 is 0 Å². The normalized spacial score (nSPS) is 20.2. The number of hydrogen-bond acceptors (Lipinski definition) is 5. The molecule has 1 atom stereocenters. The first-order chi connectivity index (χ1) is 15.6. The molecule has 2 N–H and O–H groups in total. The Bertz CT molecular complexity index is 921. The number of nitrogens with zero attached hydrogens (tertiary/aromatic N) is 3. The number of rotatable bonds is 6. The first-order valence-corrected chi connectivity index (χ1v) is 11.2. The van der Waals surface area contributed by atoms with E-state index in [2.05, 4.69) is 32.7 Å². The van der Waals surface area contributed by atoms with Crippen molar-refractivity contribution in [3.05, 3.63) is 54.0 Å². The van der Waals surface area contributed by atoms with E-state index in [1.807, 2.05) is 17.0 Å². The summed E-state index contributed by atoms with van der Waals surface area (Å²) < 4.78 is 25.1. The number of guanidine groups is 1. The van der Waals surface area contributed by atoms with Crippen LogP contribution in [0.2, 0.25) is 0 Å². The van der Waals surface area contributed by atoms with Gasteiger partial charge in [-0.2, -0.15) is 0 Å². The first-order valence-electron chi connectivity index (χ1n) is 11.2. The Morgan fingerprint density at radius 3 is 2.70 bits per heavy atom. The van der Waals surface area contributed by atoms with Crippen molar-refractivity contribution < 1.29 is 13.9 Å². The standard InChI is InChI=1S/C24H32FN5O2.HI/c1-26-23(29-19-9-13-30(16-19)22-21(25)4-3-12-27-22)28-17-24(10-14-32-15-11-24)18-5-7-20(31-2)8-6-18;/h3-8,12,19H,9-11,13-17H2,1-2H3,(H2,26,28,29);1H. The largest absolute Gasteiger partial charge is 0.497 e. The molecule has 3 heterocycles. The molecule has 2 aromatic rings. The molecular weight excluding hydrogens is 536 g/mol. The highest BCUT2D eigenvalue weighted by atomic mass is 127. The molecule has 1 aromatic carbocycles. The molecule has 0 saturated carbocycles. The van der Waals surface area contributed by atoms with Crippen molar-refractivity contribution in [3.8, 4) is 5.75 Å². The Morgan fingerprint density at radius 2 is 2.03 bits per heavy atom. The van der Waals surface area contributed by atoms with Crippen molar-refractivity contribution in [2.45, 2.75) is 30.7 Å². The van der Waals surface area contributed by atoms with E-state index in [4.69, 9.17) is 9.47 Å². The van der Waals surface area contributed by atoms with E-state index in [1.54, 1.807) is 26.4 Å². The Balaban J connectivity index is 0.00000306. The van der Waals surface area contributed by atoms with Gasteiger partial charge in [0.25, 0.3) is 0 Å². The number of anilines is 1. The third kappa shape index (κ3) is 6.06. The molecule has 1 aromatic heterocycles. The minimum atomic E-state index is -0.281. The predicted molar refractivity (Wildman–Crippen MR) is 139 cm³/mol. The van der Waals surface area contributed by atoms with Gasteiger partial charge in [0.15, 0.2) is 17.6 Å². The average molecular weight is 569 g/mol. The third-order valence-corrected chi connectivity index (χ3v) is 6.54. The molecule has 1 unspecified atom stereocenters. The second kappa shape index (κ2) is 11.8. The molecule has 0 aliphatic carbocycles. The van der Waals surface area contributed by atoms with Crippen molar-refractivity contribution in [2.24, 2.45) is 4.99 Å².